The number of aromatic nitrogens is 2. The molecule has 0 atom stereocenters. The summed E-state index contributed by atoms with van der Waals surface area (Å²) in [4.78, 5) is 7.18. The Bertz CT molecular complexity index is 496. The second-order valence-electron chi connectivity index (χ2n) is 3.13. The first kappa shape index (κ1) is 11.0. The zero-order chi connectivity index (χ0) is 11.5. The lowest BCUT2D eigenvalue weighted by atomic mass is 10.1. The van der Waals surface area contributed by atoms with Gasteiger partial charge in [0.25, 0.3) is 0 Å². The number of nitrogens with zero attached hydrogens (tertiary/aromatic N) is 1. The summed E-state index contributed by atoms with van der Waals surface area (Å²) in [7, 11) is 3.23. The van der Waals surface area contributed by atoms with E-state index in [1.165, 1.54) is 0 Å². The van der Waals surface area contributed by atoms with Gasteiger partial charge >= 0.3 is 0 Å². The first-order valence-corrected chi connectivity index (χ1v) is 5.47. The molecule has 2 rings (SSSR count). The monoisotopic (exact) mass is 282 g/mol. The minimum atomic E-state index is 0.690. The number of halogens is 1. The first-order chi connectivity index (χ1) is 7.76. The van der Waals surface area contributed by atoms with Gasteiger partial charge in [0.05, 0.1) is 20.5 Å². The van der Waals surface area contributed by atoms with Crippen LogP contribution in [0.5, 0.6) is 11.5 Å². The molecule has 16 heavy (non-hydrogen) atoms. The Morgan fingerprint density at radius 3 is 2.50 bits per heavy atom. The van der Waals surface area contributed by atoms with E-state index >= 15 is 0 Å². The van der Waals surface area contributed by atoms with Gasteiger partial charge in [-0.3, -0.25) is 0 Å². The standard InChI is InChI=1S/C11H11BrN2O2/c1-15-8-4-3-7(5-9(8)16-2)10-11(12)14-6-13-10/h3-6H,1-2H3,(H,13,14). The highest BCUT2D eigenvalue weighted by Gasteiger charge is 2.10. The summed E-state index contributed by atoms with van der Waals surface area (Å²) in [6.45, 7) is 0. The summed E-state index contributed by atoms with van der Waals surface area (Å²) in [5.74, 6) is 1.40. The van der Waals surface area contributed by atoms with E-state index in [9.17, 15) is 0 Å². The van der Waals surface area contributed by atoms with Gasteiger partial charge in [-0.1, -0.05) is 0 Å². The average Bonchev–Trinajstić information content (AvgIpc) is 2.74. The Morgan fingerprint density at radius 1 is 1.19 bits per heavy atom. The lowest BCUT2D eigenvalue weighted by Gasteiger charge is -2.08. The fraction of sp³-hybridized carbons (Fsp3) is 0.182. The lowest BCUT2D eigenvalue weighted by molar-refractivity contribution is 0.355. The SMILES string of the molecule is COc1ccc(-c2nc[nH]c2Br)cc1OC. The molecule has 0 amide bonds. The molecule has 1 N–H and O–H groups in total. The van der Waals surface area contributed by atoms with Crippen LogP contribution in [0.25, 0.3) is 11.3 Å². The highest BCUT2D eigenvalue weighted by Crippen LogP contribution is 2.33. The van der Waals surface area contributed by atoms with Gasteiger partial charge in [0, 0.05) is 5.56 Å². The molecule has 0 bridgehead atoms. The third kappa shape index (κ3) is 1.90. The molecule has 0 fully saturated rings. The van der Waals surface area contributed by atoms with Crippen LogP contribution in [0.3, 0.4) is 0 Å². The van der Waals surface area contributed by atoms with Crippen molar-refractivity contribution in [3.8, 4) is 22.8 Å². The minimum absolute atomic E-state index is 0.690. The maximum atomic E-state index is 5.24. The Hall–Kier alpha value is -1.49. The third-order valence-electron chi connectivity index (χ3n) is 2.25. The smallest absolute Gasteiger partial charge is 0.161 e. The van der Waals surface area contributed by atoms with Gasteiger partial charge in [-0.25, -0.2) is 4.98 Å². The van der Waals surface area contributed by atoms with E-state index in [1.807, 2.05) is 18.2 Å². The van der Waals surface area contributed by atoms with Gasteiger partial charge in [-0.05, 0) is 34.1 Å². The molecule has 0 radical (unpaired) electrons. The number of imidazole rings is 1. The average molecular weight is 283 g/mol. The van der Waals surface area contributed by atoms with Gasteiger partial charge in [-0.2, -0.15) is 0 Å². The van der Waals surface area contributed by atoms with Crippen LogP contribution in [0.2, 0.25) is 0 Å². The van der Waals surface area contributed by atoms with Crippen LogP contribution in [0.15, 0.2) is 29.1 Å². The second kappa shape index (κ2) is 4.57. The van der Waals surface area contributed by atoms with Crippen LogP contribution in [-0.2, 0) is 0 Å². The lowest BCUT2D eigenvalue weighted by Crippen LogP contribution is -1.91. The number of ether oxygens (including phenoxy) is 2. The summed E-state index contributed by atoms with van der Waals surface area (Å²) < 4.78 is 11.3. The second-order valence-corrected chi connectivity index (χ2v) is 3.93. The summed E-state index contributed by atoms with van der Waals surface area (Å²) in [5.41, 5.74) is 1.81. The van der Waals surface area contributed by atoms with Gasteiger partial charge in [-0.15, -0.1) is 0 Å². The number of rotatable bonds is 3. The molecular weight excluding hydrogens is 272 g/mol. The molecule has 0 spiro atoms. The van der Waals surface area contributed by atoms with E-state index in [1.54, 1.807) is 20.5 Å². The zero-order valence-electron chi connectivity index (χ0n) is 8.95. The predicted molar refractivity (Wildman–Crippen MR) is 64.8 cm³/mol. The van der Waals surface area contributed by atoms with E-state index in [2.05, 4.69) is 25.9 Å². The molecule has 0 aliphatic carbocycles. The first-order valence-electron chi connectivity index (χ1n) is 4.67. The summed E-state index contributed by atoms with van der Waals surface area (Å²) in [6.07, 6.45) is 1.64. The van der Waals surface area contributed by atoms with Crippen molar-refractivity contribution in [3.05, 3.63) is 29.1 Å². The Kier molecular flexibility index (Phi) is 3.14. The van der Waals surface area contributed by atoms with Gasteiger partial charge in [0.15, 0.2) is 11.5 Å². The molecule has 0 aliphatic rings. The van der Waals surface area contributed by atoms with Crippen molar-refractivity contribution < 1.29 is 9.47 Å². The molecule has 1 heterocycles. The van der Waals surface area contributed by atoms with Crippen molar-refractivity contribution in [3.63, 3.8) is 0 Å². The topological polar surface area (TPSA) is 47.1 Å². The van der Waals surface area contributed by atoms with Crippen LogP contribution in [0.4, 0.5) is 0 Å². The van der Waals surface area contributed by atoms with Crippen molar-refractivity contribution in [1.29, 1.82) is 0 Å². The Morgan fingerprint density at radius 2 is 1.94 bits per heavy atom. The molecule has 1 aromatic heterocycles. The van der Waals surface area contributed by atoms with Crippen LogP contribution in [-0.4, -0.2) is 24.2 Å². The quantitative estimate of drug-likeness (QED) is 0.942. The maximum Gasteiger partial charge on any atom is 0.161 e. The maximum absolute atomic E-state index is 5.24. The summed E-state index contributed by atoms with van der Waals surface area (Å²) >= 11 is 3.39. The normalized spacial score (nSPS) is 10.2. The molecule has 0 unspecified atom stereocenters. The zero-order valence-corrected chi connectivity index (χ0v) is 10.5. The number of hydrogen-bond acceptors (Lipinski definition) is 3. The molecule has 0 saturated carbocycles. The Labute approximate surface area is 102 Å². The molecule has 4 nitrogen and oxygen atoms in total. The molecular formula is C11H11BrN2O2. The number of aromatic amines is 1. The number of nitrogens with one attached hydrogen (secondary N) is 1. The molecule has 84 valence electrons. The number of H-pyrrole nitrogens is 1. The van der Waals surface area contributed by atoms with E-state index < -0.39 is 0 Å². The number of hydrogen-bond donors (Lipinski definition) is 1. The van der Waals surface area contributed by atoms with Crippen molar-refractivity contribution in [2.75, 3.05) is 14.2 Å². The van der Waals surface area contributed by atoms with Crippen LogP contribution >= 0.6 is 15.9 Å². The van der Waals surface area contributed by atoms with Gasteiger partial charge in [0.2, 0.25) is 0 Å². The molecule has 0 saturated heterocycles. The Balaban J connectivity index is 2.48. The highest BCUT2D eigenvalue weighted by atomic mass is 79.9. The molecule has 1 aromatic carbocycles. The third-order valence-corrected chi connectivity index (χ3v) is 2.85. The number of benzene rings is 1. The van der Waals surface area contributed by atoms with Crippen LogP contribution in [0.1, 0.15) is 0 Å². The largest absolute Gasteiger partial charge is 0.493 e. The van der Waals surface area contributed by atoms with Crippen molar-refractivity contribution in [2.45, 2.75) is 0 Å². The van der Waals surface area contributed by atoms with Crippen molar-refractivity contribution in [2.24, 2.45) is 0 Å². The molecule has 5 heteroatoms. The van der Waals surface area contributed by atoms with E-state index in [0.29, 0.717) is 11.5 Å². The van der Waals surface area contributed by atoms with Gasteiger partial charge in [0.1, 0.15) is 10.3 Å². The minimum Gasteiger partial charge on any atom is -0.493 e. The summed E-state index contributed by atoms with van der Waals surface area (Å²) in [6, 6.07) is 5.68. The van der Waals surface area contributed by atoms with Crippen molar-refractivity contribution >= 4 is 15.9 Å². The number of methoxy groups -OCH3 is 2. The van der Waals surface area contributed by atoms with Crippen molar-refractivity contribution in [1.82, 2.24) is 9.97 Å². The van der Waals surface area contributed by atoms with E-state index in [-0.39, 0.29) is 0 Å². The highest BCUT2D eigenvalue weighted by molar-refractivity contribution is 9.10. The molecule has 0 aliphatic heterocycles. The van der Waals surface area contributed by atoms with Crippen LogP contribution in [0, 0.1) is 0 Å². The van der Waals surface area contributed by atoms with Gasteiger partial charge < -0.3 is 14.5 Å². The fourth-order valence-corrected chi connectivity index (χ4v) is 1.90. The predicted octanol–water partition coefficient (Wildman–Crippen LogP) is 2.86. The fourth-order valence-electron chi connectivity index (χ4n) is 1.46. The summed E-state index contributed by atoms with van der Waals surface area (Å²) in [5, 5.41) is 0. The molecule has 2 aromatic rings. The van der Waals surface area contributed by atoms with E-state index in [0.717, 1.165) is 15.9 Å². The van der Waals surface area contributed by atoms with E-state index in [4.69, 9.17) is 9.47 Å². The van der Waals surface area contributed by atoms with Crippen LogP contribution < -0.4 is 9.47 Å².